The third kappa shape index (κ3) is 4.13. The zero-order valence-electron chi connectivity index (χ0n) is 13.2. The molecule has 1 aromatic heterocycles. The first kappa shape index (κ1) is 16.9. The molecule has 1 N–H and O–H groups in total. The van der Waals surface area contributed by atoms with Crippen molar-refractivity contribution in [3.63, 3.8) is 0 Å². The second-order valence-electron chi connectivity index (χ2n) is 5.21. The second kappa shape index (κ2) is 7.76. The smallest absolute Gasteiger partial charge is 0.293 e. The van der Waals surface area contributed by atoms with Crippen LogP contribution in [0.1, 0.15) is 16.1 Å². The van der Waals surface area contributed by atoms with Gasteiger partial charge in [-0.05, 0) is 35.5 Å². The molecule has 0 bridgehead atoms. The van der Waals surface area contributed by atoms with E-state index in [1.165, 1.54) is 6.20 Å². The van der Waals surface area contributed by atoms with E-state index >= 15 is 0 Å². The van der Waals surface area contributed by atoms with Crippen molar-refractivity contribution in [3.8, 4) is 0 Å². The molecule has 2 aromatic rings. The van der Waals surface area contributed by atoms with Crippen LogP contribution in [-0.2, 0) is 4.79 Å². The minimum absolute atomic E-state index is 0.120. The van der Waals surface area contributed by atoms with Crippen LogP contribution in [0.4, 0.5) is 4.79 Å². The Morgan fingerprint density at radius 1 is 1.12 bits per heavy atom. The number of carbonyl (C=O) groups is 3. The van der Waals surface area contributed by atoms with Gasteiger partial charge in [-0.1, -0.05) is 36.4 Å². The molecular weight excluding hydrogens is 338 g/mol. The maximum Gasteiger partial charge on any atom is 0.293 e. The van der Waals surface area contributed by atoms with Gasteiger partial charge in [-0.25, -0.2) is 0 Å². The Morgan fingerprint density at radius 3 is 2.60 bits per heavy atom. The molecule has 0 radical (unpaired) electrons. The predicted octanol–water partition coefficient (Wildman–Crippen LogP) is 2.55. The van der Waals surface area contributed by atoms with Crippen molar-refractivity contribution in [2.45, 2.75) is 0 Å². The van der Waals surface area contributed by atoms with E-state index in [0.29, 0.717) is 10.6 Å². The number of thioether (sulfide) groups is 1. The normalized spacial score (nSPS) is 15.7. The van der Waals surface area contributed by atoms with Crippen molar-refractivity contribution < 1.29 is 14.4 Å². The van der Waals surface area contributed by atoms with Crippen LogP contribution in [0.2, 0.25) is 0 Å². The van der Waals surface area contributed by atoms with Gasteiger partial charge in [0.15, 0.2) is 0 Å². The number of carbonyl (C=O) groups excluding carboxylic acids is 3. The largest absolute Gasteiger partial charge is 0.349 e. The number of pyridine rings is 1. The topological polar surface area (TPSA) is 79.4 Å². The van der Waals surface area contributed by atoms with Gasteiger partial charge in [-0.3, -0.25) is 24.3 Å². The van der Waals surface area contributed by atoms with Gasteiger partial charge < -0.3 is 5.32 Å². The number of imide groups is 1. The molecule has 3 rings (SSSR count). The molecule has 1 aliphatic rings. The van der Waals surface area contributed by atoms with Gasteiger partial charge in [0, 0.05) is 19.3 Å². The van der Waals surface area contributed by atoms with Gasteiger partial charge in [-0.2, -0.15) is 0 Å². The molecule has 2 heterocycles. The van der Waals surface area contributed by atoms with Crippen LogP contribution in [-0.4, -0.2) is 40.0 Å². The second-order valence-corrected chi connectivity index (χ2v) is 6.21. The fourth-order valence-electron chi connectivity index (χ4n) is 2.26. The minimum Gasteiger partial charge on any atom is -0.349 e. The van der Waals surface area contributed by atoms with Crippen molar-refractivity contribution in [1.29, 1.82) is 0 Å². The Hall–Kier alpha value is -2.93. The highest BCUT2D eigenvalue weighted by Crippen LogP contribution is 2.31. The van der Waals surface area contributed by atoms with Gasteiger partial charge in [0.25, 0.3) is 17.1 Å². The lowest BCUT2D eigenvalue weighted by molar-refractivity contribution is -0.122. The van der Waals surface area contributed by atoms with Crippen molar-refractivity contribution in [2.75, 3.05) is 13.1 Å². The van der Waals surface area contributed by atoms with E-state index in [1.54, 1.807) is 24.3 Å². The molecule has 0 aliphatic carbocycles. The van der Waals surface area contributed by atoms with Gasteiger partial charge in [0.2, 0.25) is 0 Å². The third-order valence-corrected chi connectivity index (χ3v) is 4.40. The molecule has 7 heteroatoms. The maximum absolute atomic E-state index is 12.4. The van der Waals surface area contributed by atoms with Crippen LogP contribution >= 0.6 is 11.8 Å². The Kier molecular flexibility index (Phi) is 5.25. The Labute approximate surface area is 148 Å². The average molecular weight is 353 g/mol. The Bertz CT molecular complexity index is 822. The zero-order chi connectivity index (χ0) is 17.6. The van der Waals surface area contributed by atoms with Crippen LogP contribution in [0.5, 0.6) is 0 Å². The highest BCUT2D eigenvalue weighted by atomic mass is 32.2. The van der Waals surface area contributed by atoms with Crippen LogP contribution in [0.15, 0.2) is 59.6 Å². The summed E-state index contributed by atoms with van der Waals surface area (Å²) in [6, 6.07) is 14.4. The van der Waals surface area contributed by atoms with Crippen molar-refractivity contribution in [2.24, 2.45) is 0 Å². The first-order valence-corrected chi connectivity index (χ1v) is 8.46. The van der Waals surface area contributed by atoms with E-state index in [4.69, 9.17) is 0 Å². The van der Waals surface area contributed by atoms with Gasteiger partial charge in [0.1, 0.15) is 5.69 Å². The van der Waals surface area contributed by atoms with Crippen molar-refractivity contribution in [3.05, 3.63) is 70.9 Å². The van der Waals surface area contributed by atoms with Crippen molar-refractivity contribution in [1.82, 2.24) is 15.2 Å². The minimum atomic E-state index is -0.342. The molecule has 0 unspecified atom stereocenters. The molecule has 1 fully saturated rings. The molecule has 0 spiro atoms. The number of aromatic nitrogens is 1. The summed E-state index contributed by atoms with van der Waals surface area (Å²) in [5.74, 6) is -0.682. The molecule has 0 atom stereocenters. The van der Waals surface area contributed by atoms with Gasteiger partial charge in [-0.15, -0.1) is 0 Å². The number of hydrogen-bond donors (Lipinski definition) is 1. The summed E-state index contributed by atoms with van der Waals surface area (Å²) < 4.78 is 0. The van der Waals surface area contributed by atoms with E-state index in [-0.39, 0.29) is 30.1 Å². The van der Waals surface area contributed by atoms with Crippen LogP contribution in [0, 0.1) is 0 Å². The summed E-state index contributed by atoms with van der Waals surface area (Å²) in [6.07, 6.45) is 3.22. The molecule has 0 saturated carbocycles. The number of benzene rings is 1. The summed E-state index contributed by atoms with van der Waals surface area (Å²) in [4.78, 5) is 41.8. The summed E-state index contributed by atoms with van der Waals surface area (Å²) in [7, 11) is 0. The van der Waals surface area contributed by atoms with Crippen LogP contribution in [0.25, 0.3) is 6.08 Å². The van der Waals surface area contributed by atoms with Crippen molar-refractivity contribution >= 4 is 34.9 Å². The van der Waals surface area contributed by atoms with E-state index in [0.717, 1.165) is 22.2 Å². The number of nitrogens with zero attached hydrogens (tertiary/aromatic N) is 2. The summed E-state index contributed by atoms with van der Waals surface area (Å²) in [5.41, 5.74) is 1.15. The lowest BCUT2D eigenvalue weighted by Gasteiger charge is -2.12. The zero-order valence-corrected chi connectivity index (χ0v) is 14.0. The standard InChI is InChI=1S/C18H15N3O3S/c22-16(14-8-4-5-9-19-14)20-10-11-21-17(23)15(25-18(21)24)12-13-6-2-1-3-7-13/h1-9,12H,10-11H2,(H,20,22)/b15-12-. The van der Waals surface area contributed by atoms with Crippen LogP contribution < -0.4 is 5.32 Å². The van der Waals surface area contributed by atoms with Gasteiger partial charge in [0.05, 0.1) is 4.91 Å². The molecule has 1 aliphatic heterocycles. The summed E-state index contributed by atoms with van der Waals surface area (Å²) in [6.45, 7) is 0.293. The van der Waals surface area contributed by atoms with E-state index in [2.05, 4.69) is 10.3 Å². The first-order chi connectivity index (χ1) is 12.1. The van der Waals surface area contributed by atoms with Gasteiger partial charge >= 0.3 is 0 Å². The summed E-state index contributed by atoms with van der Waals surface area (Å²) >= 11 is 0.905. The Morgan fingerprint density at radius 2 is 1.88 bits per heavy atom. The maximum atomic E-state index is 12.4. The molecule has 6 nitrogen and oxygen atoms in total. The monoisotopic (exact) mass is 353 g/mol. The first-order valence-electron chi connectivity index (χ1n) is 7.65. The number of amides is 3. The average Bonchev–Trinajstić information content (AvgIpc) is 2.90. The lowest BCUT2D eigenvalue weighted by atomic mass is 10.2. The number of rotatable bonds is 5. The number of hydrogen-bond acceptors (Lipinski definition) is 5. The lowest BCUT2D eigenvalue weighted by Crippen LogP contribution is -2.37. The molecular formula is C18H15N3O3S. The molecule has 1 aromatic carbocycles. The quantitative estimate of drug-likeness (QED) is 0.836. The SMILES string of the molecule is O=C(NCCN1C(=O)S/C(=C\c2ccccc2)C1=O)c1ccccn1. The predicted molar refractivity (Wildman–Crippen MR) is 95.7 cm³/mol. The molecule has 25 heavy (non-hydrogen) atoms. The fourth-order valence-corrected chi connectivity index (χ4v) is 3.13. The molecule has 3 amide bonds. The van der Waals surface area contributed by atoms with Crippen LogP contribution in [0.3, 0.4) is 0 Å². The third-order valence-electron chi connectivity index (χ3n) is 3.49. The Balaban J connectivity index is 1.58. The molecule has 1 saturated heterocycles. The fraction of sp³-hybridized carbons (Fsp3) is 0.111. The molecule has 126 valence electrons. The number of nitrogens with one attached hydrogen (secondary N) is 1. The van der Waals surface area contributed by atoms with E-state index in [1.807, 2.05) is 30.3 Å². The summed E-state index contributed by atoms with van der Waals surface area (Å²) in [5, 5.41) is 2.32. The van der Waals surface area contributed by atoms with E-state index < -0.39 is 0 Å². The van der Waals surface area contributed by atoms with E-state index in [9.17, 15) is 14.4 Å². The highest BCUT2D eigenvalue weighted by Gasteiger charge is 2.34. The highest BCUT2D eigenvalue weighted by molar-refractivity contribution is 8.18.